The number of hydrogen-bond acceptors (Lipinski definition) is 2. The van der Waals surface area contributed by atoms with Crippen LogP contribution in [-0.4, -0.2) is 11.5 Å². The van der Waals surface area contributed by atoms with Crippen molar-refractivity contribution in [2.75, 3.05) is 11.9 Å². The summed E-state index contributed by atoms with van der Waals surface area (Å²) in [6, 6.07) is 13.9. The largest absolute Gasteiger partial charge is 0.374 e. The van der Waals surface area contributed by atoms with E-state index in [1.807, 2.05) is 42.5 Å². The van der Waals surface area contributed by atoms with E-state index in [2.05, 4.69) is 22.1 Å². The van der Waals surface area contributed by atoms with Crippen molar-refractivity contribution in [2.24, 2.45) is 0 Å². The molecule has 0 unspecified atom stereocenters. The van der Waals surface area contributed by atoms with E-state index < -0.39 is 0 Å². The van der Waals surface area contributed by atoms with Crippen LogP contribution in [0.25, 0.3) is 0 Å². The first-order chi connectivity index (χ1) is 7.95. The molecule has 0 radical (unpaired) electrons. The minimum Gasteiger partial charge on any atom is -0.374 e. The summed E-state index contributed by atoms with van der Waals surface area (Å²) in [6.07, 6.45) is 3.50. The highest BCUT2D eigenvalue weighted by molar-refractivity contribution is 5.44. The van der Waals surface area contributed by atoms with Crippen molar-refractivity contribution in [3.05, 3.63) is 60.4 Å². The van der Waals surface area contributed by atoms with Crippen molar-refractivity contribution < 1.29 is 0 Å². The molecule has 1 N–H and O–H groups in total. The van der Waals surface area contributed by atoms with Crippen LogP contribution in [0.1, 0.15) is 5.56 Å². The second-order valence-corrected chi connectivity index (χ2v) is 3.26. The lowest BCUT2D eigenvalue weighted by molar-refractivity contribution is 1.31. The predicted octanol–water partition coefficient (Wildman–Crippen LogP) is 2.55. The first kappa shape index (κ1) is 10.3. The maximum absolute atomic E-state index is 4.00. The van der Waals surface area contributed by atoms with E-state index in [4.69, 9.17) is 0 Å². The molecule has 2 aromatic rings. The fraction of sp³-hybridized carbons (Fsp3) is 0.0714. The Morgan fingerprint density at radius 1 is 1.06 bits per heavy atom. The standard InChI is InChI=1S/C14H12N2/c1-2-8-14(9-3-1)16-11-5-7-13-6-4-10-15-12-13/h1-4,6,8-10,12,16H,11H2. The second kappa shape index (κ2) is 5.57. The normalized spacial score (nSPS) is 9.00. The Labute approximate surface area is 95.4 Å². The predicted molar refractivity (Wildman–Crippen MR) is 66.0 cm³/mol. The molecule has 1 aromatic carbocycles. The average molecular weight is 208 g/mol. The molecule has 0 aliphatic carbocycles. The van der Waals surface area contributed by atoms with E-state index in [1.54, 1.807) is 12.4 Å². The highest BCUT2D eigenvalue weighted by Crippen LogP contribution is 2.03. The number of aromatic nitrogens is 1. The van der Waals surface area contributed by atoms with Gasteiger partial charge in [-0.3, -0.25) is 4.98 Å². The molecule has 0 saturated heterocycles. The lowest BCUT2D eigenvalue weighted by Crippen LogP contribution is -1.97. The molecule has 0 amide bonds. The Balaban J connectivity index is 1.87. The number of rotatable bonds is 2. The van der Waals surface area contributed by atoms with Gasteiger partial charge in [0.15, 0.2) is 0 Å². The molecule has 78 valence electrons. The van der Waals surface area contributed by atoms with Crippen molar-refractivity contribution in [3.8, 4) is 11.8 Å². The average Bonchev–Trinajstić information content (AvgIpc) is 2.37. The zero-order valence-corrected chi connectivity index (χ0v) is 8.85. The molecule has 16 heavy (non-hydrogen) atoms. The summed E-state index contributed by atoms with van der Waals surface area (Å²) in [5.41, 5.74) is 2.03. The molecule has 2 rings (SSSR count). The van der Waals surface area contributed by atoms with Gasteiger partial charge < -0.3 is 5.32 Å². The number of nitrogens with zero attached hydrogens (tertiary/aromatic N) is 1. The summed E-state index contributed by atoms with van der Waals surface area (Å²) >= 11 is 0. The number of benzene rings is 1. The zero-order valence-electron chi connectivity index (χ0n) is 8.85. The van der Waals surface area contributed by atoms with E-state index in [-0.39, 0.29) is 0 Å². The highest BCUT2D eigenvalue weighted by Gasteiger charge is 1.85. The summed E-state index contributed by atoms with van der Waals surface area (Å²) in [7, 11) is 0. The molecule has 0 saturated carbocycles. The van der Waals surface area contributed by atoms with Gasteiger partial charge in [-0.05, 0) is 24.3 Å². The van der Waals surface area contributed by atoms with Gasteiger partial charge in [-0.15, -0.1) is 0 Å². The van der Waals surface area contributed by atoms with Gasteiger partial charge >= 0.3 is 0 Å². The van der Waals surface area contributed by atoms with Crippen molar-refractivity contribution in [2.45, 2.75) is 0 Å². The smallest absolute Gasteiger partial charge is 0.0769 e. The number of nitrogens with one attached hydrogen (secondary N) is 1. The molecule has 1 heterocycles. The van der Waals surface area contributed by atoms with Crippen LogP contribution in [0.3, 0.4) is 0 Å². The molecule has 0 aliphatic rings. The molecule has 1 aromatic heterocycles. The topological polar surface area (TPSA) is 24.9 Å². The van der Waals surface area contributed by atoms with E-state index >= 15 is 0 Å². The molecule has 0 aliphatic heterocycles. The van der Waals surface area contributed by atoms with E-state index in [9.17, 15) is 0 Å². The summed E-state index contributed by atoms with van der Waals surface area (Å²) in [5.74, 6) is 6.09. The van der Waals surface area contributed by atoms with Gasteiger partial charge in [-0.25, -0.2) is 0 Å². The van der Waals surface area contributed by atoms with Gasteiger partial charge in [-0.1, -0.05) is 30.0 Å². The van der Waals surface area contributed by atoms with Crippen LogP contribution >= 0.6 is 0 Å². The van der Waals surface area contributed by atoms with Gasteiger partial charge in [0.2, 0.25) is 0 Å². The van der Waals surface area contributed by atoms with Crippen LogP contribution in [0, 0.1) is 11.8 Å². The zero-order chi connectivity index (χ0) is 11.1. The minimum atomic E-state index is 0.638. The minimum absolute atomic E-state index is 0.638. The summed E-state index contributed by atoms with van der Waals surface area (Å²) < 4.78 is 0. The first-order valence-corrected chi connectivity index (χ1v) is 5.13. The summed E-state index contributed by atoms with van der Waals surface area (Å²) in [4.78, 5) is 4.00. The van der Waals surface area contributed by atoms with Crippen molar-refractivity contribution >= 4 is 5.69 Å². The molecule has 2 heteroatoms. The molecule has 0 fully saturated rings. The van der Waals surface area contributed by atoms with Gasteiger partial charge in [0.05, 0.1) is 6.54 Å². The number of hydrogen-bond donors (Lipinski definition) is 1. The third kappa shape index (κ3) is 3.14. The molecular formula is C14H12N2. The van der Waals surface area contributed by atoms with E-state index in [1.165, 1.54) is 0 Å². The molecule has 0 spiro atoms. The highest BCUT2D eigenvalue weighted by atomic mass is 14.8. The number of para-hydroxylation sites is 1. The molecule has 0 bridgehead atoms. The Hall–Kier alpha value is -2.27. The van der Waals surface area contributed by atoms with Crippen LogP contribution in [0.4, 0.5) is 5.69 Å². The Morgan fingerprint density at radius 3 is 2.69 bits per heavy atom. The molecule has 0 atom stereocenters. The van der Waals surface area contributed by atoms with Crippen LogP contribution < -0.4 is 5.32 Å². The van der Waals surface area contributed by atoms with Crippen LogP contribution in [0.2, 0.25) is 0 Å². The molecular weight excluding hydrogens is 196 g/mol. The maximum atomic E-state index is 4.00. The van der Waals surface area contributed by atoms with Gasteiger partial charge in [0.25, 0.3) is 0 Å². The van der Waals surface area contributed by atoms with E-state index in [0.29, 0.717) is 6.54 Å². The first-order valence-electron chi connectivity index (χ1n) is 5.13. The maximum Gasteiger partial charge on any atom is 0.0769 e. The lowest BCUT2D eigenvalue weighted by Gasteiger charge is -1.99. The van der Waals surface area contributed by atoms with Crippen LogP contribution in [0.5, 0.6) is 0 Å². The molecule has 2 nitrogen and oxygen atoms in total. The fourth-order valence-electron chi connectivity index (χ4n) is 1.29. The Bertz CT molecular complexity index is 480. The number of pyridine rings is 1. The quantitative estimate of drug-likeness (QED) is 0.767. The van der Waals surface area contributed by atoms with Gasteiger partial charge in [0, 0.05) is 23.6 Å². The SMILES string of the molecule is C(#Cc1cccnc1)CNc1ccccc1. The number of anilines is 1. The monoisotopic (exact) mass is 208 g/mol. The summed E-state index contributed by atoms with van der Waals surface area (Å²) in [6.45, 7) is 0.638. The van der Waals surface area contributed by atoms with Crippen LogP contribution in [0.15, 0.2) is 54.9 Å². The van der Waals surface area contributed by atoms with Gasteiger partial charge in [0.1, 0.15) is 0 Å². The lowest BCUT2D eigenvalue weighted by atomic mass is 10.3. The third-order valence-electron chi connectivity index (χ3n) is 2.05. The van der Waals surface area contributed by atoms with Crippen LogP contribution in [-0.2, 0) is 0 Å². The fourth-order valence-corrected chi connectivity index (χ4v) is 1.29. The van der Waals surface area contributed by atoms with E-state index in [0.717, 1.165) is 11.3 Å². The van der Waals surface area contributed by atoms with Crippen molar-refractivity contribution in [1.29, 1.82) is 0 Å². The van der Waals surface area contributed by atoms with Crippen molar-refractivity contribution in [1.82, 2.24) is 4.98 Å². The second-order valence-electron chi connectivity index (χ2n) is 3.26. The van der Waals surface area contributed by atoms with Crippen molar-refractivity contribution in [3.63, 3.8) is 0 Å². The summed E-state index contributed by atoms with van der Waals surface area (Å²) in [5, 5.41) is 3.22. The Morgan fingerprint density at radius 2 is 1.94 bits per heavy atom. The third-order valence-corrected chi connectivity index (χ3v) is 2.05. The van der Waals surface area contributed by atoms with Gasteiger partial charge in [-0.2, -0.15) is 0 Å². The Kier molecular flexibility index (Phi) is 3.57.